The van der Waals surface area contributed by atoms with Crippen LogP contribution in [0.4, 0.5) is 0 Å². The maximum absolute atomic E-state index is 11.5. The van der Waals surface area contributed by atoms with Gasteiger partial charge >= 0.3 is 5.97 Å². The van der Waals surface area contributed by atoms with Gasteiger partial charge in [0.1, 0.15) is 13.4 Å². The van der Waals surface area contributed by atoms with Gasteiger partial charge in [-0.15, -0.1) is 0 Å². The van der Waals surface area contributed by atoms with Gasteiger partial charge in [-0.05, 0) is 19.3 Å². The van der Waals surface area contributed by atoms with E-state index in [9.17, 15) is 14.4 Å². The second kappa shape index (κ2) is 11.6. The van der Waals surface area contributed by atoms with Gasteiger partial charge in [-0.2, -0.15) is 0 Å². The predicted molar refractivity (Wildman–Crippen MR) is 93.1 cm³/mol. The van der Waals surface area contributed by atoms with E-state index in [1.807, 2.05) is 0 Å². The van der Waals surface area contributed by atoms with Crippen molar-refractivity contribution in [1.29, 1.82) is 0 Å². The fraction of sp³-hybridized carbons (Fsp3) is 0.722. The molecule has 0 aromatic carbocycles. The number of carbonyl (C=O) groups excluding carboxylic acids is 3. The fourth-order valence-corrected chi connectivity index (χ4v) is 2.87. The zero-order chi connectivity index (χ0) is 18.6. The van der Waals surface area contributed by atoms with Gasteiger partial charge in [-0.25, -0.2) is 4.79 Å². The minimum Gasteiger partial charge on any atom is -0.461 e. The molecule has 0 spiro atoms. The summed E-state index contributed by atoms with van der Waals surface area (Å²) >= 11 is 0. The molecule has 2 heterocycles. The molecular formula is C18H28N2O6. The zero-order valence-electron chi connectivity index (χ0n) is 15.2. The van der Waals surface area contributed by atoms with Crippen molar-refractivity contribution in [2.45, 2.75) is 32.1 Å². The third-order valence-electron chi connectivity index (χ3n) is 4.30. The summed E-state index contributed by atoms with van der Waals surface area (Å²) in [6.45, 7) is 3.93. The van der Waals surface area contributed by atoms with E-state index in [1.54, 1.807) is 15.9 Å². The maximum Gasteiger partial charge on any atom is 0.330 e. The second-order valence-electron chi connectivity index (χ2n) is 6.26. The van der Waals surface area contributed by atoms with Crippen LogP contribution in [0.15, 0.2) is 12.2 Å². The Balaban J connectivity index is 1.38. The van der Waals surface area contributed by atoms with Crippen LogP contribution in [-0.2, 0) is 28.6 Å². The van der Waals surface area contributed by atoms with Crippen LogP contribution < -0.4 is 0 Å². The largest absolute Gasteiger partial charge is 0.461 e. The number of amides is 2. The first-order valence-electron chi connectivity index (χ1n) is 9.21. The normalized spacial score (nSPS) is 17.7. The summed E-state index contributed by atoms with van der Waals surface area (Å²) in [4.78, 5) is 37.8. The Morgan fingerprint density at radius 1 is 0.923 bits per heavy atom. The lowest BCUT2D eigenvalue weighted by atomic mass is 10.4. The van der Waals surface area contributed by atoms with Crippen molar-refractivity contribution in [3.8, 4) is 0 Å². The Morgan fingerprint density at radius 3 is 2.15 bits per heavy atom. The number of carbonyl (C=O) groups is 3. The number of esters is 1. The average Bonchev–Trinajstić information content (AvgIpc) is 3.22. The minimum absolute atomic E-state index is 0.128. The fourth-order valence-electron chi connectivity index (χ4n) is 2.87. The molecule has 2 fully saturated rings. The summed E-state index contributed by atoms with van der Waals surface area (Å²) in [5.74, 6) is -0.0928. The first-order valence-corrected chi connectivity index (χ1v) is 9.21. The molecule has 8 nitrogen and oxygen atoms in total. The smallest absolute Gasteiger partial charge is 0.330 e. The van der Waals surface area contributed by atoms with Crippen molar-refractivity contribution in [3.05, 3.63) is 12.2 Å². The van der Waals surface area contributed by atoms with Crippen molar-refractivity contribution < 1.29 is 28.6 Å². The highest BCUT2D eigenvalue weighted by Crippen LogP contribution is 2.09. The summed E-state index contributed by atoms with van der Waals surface area (Å²) in [6.07, 6.45) is 6.68. The van der Waals surface area contributed by atoms with Crippen LogP contribution in [0.25, 0.3) is 0 Å². The van der Waals surface area contributed by atoms with Gasteiger partial charge in [0.25, 0.3) is 0 Å². The molecule has 2 saturated heterocycles. The van der Waals surface area contributed by atoms with Gasteiger partial charge < -0.3 is 24.0 Å². The Bertz CT molecular complexity index is 508. The van der Waals surface area contributed by atoms with Crippen LogP contribution >= 0.6 is 0 Å². The number of likely N-dealkylation sites (tertiary alicyclic amines) is 2. The van der Waals surface area contributed by atoms with Crippen LogP contribution in [0.3, 0.4) is 0 Å². The molecule has 2 aliphatic heterocycles. The second-order valence-corrected chi connectivity index (χ2v) is 6.26. The molecule has 8 heteroatoms. The van der Waals surface area contributed by atoms with Gasteiger partial charge in [0.05, 0.1) is 19.8 Å². The highest BCUT2D eigenvalue weighted by atomic mass is 16.7. The standard InChI is InChI=1S/C18H28N2O6/c21-16-5-3-8-19(16)10-13-25-15-24-12-2-1-7-18(23)26-14-11-20-9-4-6-17(20)22/h1,7H,2-6,8-15H2/b7-1-. The average molecular weight is 368 g/mol. The van der Waals surface area contributed by atoms with Crippen molar-refractivity contribution in [3.63, 3.8) is 0 Å². The lowest BCUT2D eigenvalue weighted by Gasteiger charge is -2.15. The number of rotatable bonds is 12. The molecule has 0 atom stereocenters. The Hall–Kier alpha value is -1.93. The molecule has 0 N–H and O–H groups in total. The molecule has 0 unspecified atom stereocenters. The third kappa shape index (κ3) is 7.53. The van der Waals surface area contributed by atoms with E-state index >= 15 is 0 Å². The van der Waals surface area contributed by atoms with Gasteiger partial charge in [0.15, 0.2) is 0 Å². The molecule has 0 aromatic rings. The Kier molecular flexibility index (Phi) is 9.13. The van der Waals surface area contributed by atoms with Gasteiger partial charge in [-0.1, -0.05) is 6.08 Å². The first kappa shape index (κ1) is 20.4. The summed E-state index contributed by atoms with van der Waals surface area (Å²) in [5, 5.41) is 0. The summed E-state index contributed by atoms with van der Waals surface area (Å²) in [7, 11) is 0. The van der Waals surface area contributed by atoms with Crippen LogP contribution in [-0.4, -0.2) is 80.4 Å². The van der Waals surface area contributed by atoms with Crippen molar-refractivity contribution in [2.75, 3.05) is 52.8 Å². The van der Waals surface area contributed by atoms with Crippen molar-refractivity contribution >= 4 is 17.8 Å². The number of hydrogen-bond donors (Lipinski definition) is 0. The van der Waals surface area contributed by atoms with E-state index in [0.29, 0.717) is 45.6 Å². The minimum atomic E-state index is -0.414. The number of ether oxygens (including phenoxy) is 3. The van der Waals surface area contributed by atoms with E-state index in [4.69, 9.17) is 14.2 Å². The molecule has 0 aromatic heterocycles. The molecule has 0 aliphatic carbocycles. The van der Waals surface area contributed by atoms with Gasteiger partial charge in [-0.3, -0.25) is 9.59 Å². The maximum atomic E-state index is 11.5. The van der Waals surface area contributed by atoms with Crippen LogP contribution in [0, 0.1) is 0 Å². The molecule has 2 amide bonds. The van der Waals surface area contributed by atoms with E-state index in [1.165, 1.54) is 6.08 Å². The van der Waals surface area contributed by atoms with Crippen LogP contribution in [0.5, 0.6) is 0 Å². The highest BCUT2D eigenvalue weighted by Gasteiger charge is 2.20. The Labute approximate surface area is 154 Å². The highest BCUT2D eigenvalue weighted by molar-refractivity contribution is 5.82. The van der Waals surface area contributed by atoms with E-state index in [-0.39, 0.29) is 25.2 Å². The third-order valence-corrected chi connectivity index (χ3v) is 4.30. The molecule has 0 radical (unpaired) electrons. The summed E-state index contributed by atoms with van der Waals surface area (Å²) < 4.78 is 15.7. The number of nitrogens with zero attached hydrogens (tertiary/aromatic N) is 2. The van der Waals surface area contributed by atoms with Crippen LogP contribution in [0.2, 0.25) is 0 Å². The quantitative estimate of drug-likeness (QED) is 0.218. The van der Waals surface area contributed by atoms with Gasteiger partial charge in [0.2, 0.25) is 11.8 Å². The molecule has 0 saturated carbocycles. The zero-order valence-corrected chi connectivity index (χ0v) is 15.2. The monoisotopic (exact) mass is 368 g/mol. The van der Waals surface area contributed by atoms with Crippen molar-refractivity contribution in [1.82, 2.24) is 9.80 Å². The van der Waals surface area contributed by atoms with Crippen molar-refractivity contribution in [2.24, 2.45) is 0 Å². The van der Waals surface area contributed by atoms with E-state index in [0.717, 1.165) is 25.9 Å². The number of hydrogen-bond acceptors (Lipinski definition) is 6. The molecule has 2 aliphatic rings. The summed E-state index contributed by atoms with van der Waals surface area (Å²) in [6, 6.07) is 0. The predicted octanol–water partition coefficient (Wildman–Crippen LogP) is 0.711. The first-order chi connectivity index (χ1) is 12.7. The lowest BCUT2D eigenvalue weighted by molar-refractivity contribution is -0.140. The molecule has 2 rings (SSSR count). The Morgan fingerprint density at radius 2 is 1.54 bits per heavy atom. The summed E-state index contributed by atoms with van der Waals surface area (Å²) in [5.41, 5.74) is 0. The molecule has 146 valence electrons. The van der Waals surface area contributed by atoms with Gasteiger partial charge in [0, 0.05) is 38.6 Å². The molecule has 26 heavy (non-hydrogen) atoms. The van der Waals surface area contributed by atoms with E-state index in [2.05, 4.69) is 0 Å². The molecule has 0 bridgehead atoms. The SMILES string of the molecule is O=C(/C=C\CCOCOCCN1CCCC1=O)OCCN1CCCC1=O. The van der Waals surface area contributed by atoms with Crippen LogP contribution in [0.1, 0.15) is 32.1 Å². The molecular weight excluding hydrogens is 340 g/mol. The van der Waals surface area contributed by atoms with E-state index < -0.39 is 5.97 Å². The topological polar surface area (TPSA) is 85.4 Å². The lowest BCUT2D eigenvalue weighted by Crippen LogP contribution is -2.29.